The Morgan fingerprint density at radius 2 is 2.23 bits per heavy atom. The Labute approximate surface area is 151 Å². The third-order valence-electron chi connectivity index (χ3n) is 4.54. The van der Waals surface area contributed by atoms with E-state index in [2.05, 4.69) is 22.3 Å². The molecule has 3 rings (SSSR count). The molecule has 1 saturated heterocycles. The van der Waals surface area contributed by atoms with E-state index in [1.165, 1.54) is 4.90 Å². The summed E-state index contributed by atoms with van der Waals surface area (Å²) in [7, 11) is 0. The lowest BCUT2D eigenvalue weighted by Crippen LogP contribution is -2.34. The SMILES string of the molecule is CCCc1c(NC(=O)N2CCC(C(=O)O)C2)cnn1-c1cc(C)ccn1. The number of urea groups is 1. The monoisotopic (exact) mass is 357 g/mol. The summed E-state index contributed by atoms with van der Waals surface area (Å²) in [5.74, 6) is -0.638. The Morgan fingerprint density at radius 3 is 2.88 bits per heavy atom. The van der Waals surface area contributed by atoms with Crippen molar-refractivity contribution in [2.24, 2.45) is 5.92 Å². The largest absolute Gasteiger partial charge is 0.481 e. The fraction of sp³-hybridized carbons (Fsp3) is 0.444. The van der Waals surface area contributed by atoms with E-state index in [-0.39, 0.29) is 12.6 Å². The molecule has 1 aliphatic rings. The lowest BCUT2D eigenvalue weighted by Gasteiger charge is -2.17. The van der Waals surface area contributed by atoms with Crippen LogP contribution in [0.5, 0.6) is 0 Å². The van der Waals surface area contributed by atoms with Crippen LogP contribution in [-0.4, -0.2) is 49.9 Å². The van der Waals surface area contributed by atoms with Crippen LogP contribution in [0.2, 0.25) is 0 Å². The van der Waals surface area contributed by atoms with E-state index in [0.29, 0.717) is 24.5 Å². The van der Waals surface area contributed by atoms with E-state index in [9.17, 15) is 9.59 Å². The average Bonchev–Trinajstić information content (AvgIpc) is 3.23. The van der Waals surface area contributed by atoms with Crippen molar-refractivity contribution in [3.63, 3.8) is 0 Å². The summed E-state index contributed by atoms with van der Waals surface area (Å²) >= 11 is 0. The molecular weight excluding hydrogens is 334 g/mol. The standard InChI is InChI=1S/C18H23N5O3/c1-3-4-15-14(10-20-23(15)16-9-12(2)5-7-19-16)21-18(26)22-8-6-13(11-22)17(24)25/h5,7,9-10,13H,3-4,6,8,11H2,1-2H3,(H,21,26)(H,24,25). The Bertz CT molecular complexity index is 817. The molecule has 0 aliphatic carbocycles. The summed E-state index contributed by atoms with van der Waals surface area (Å²) in [6.07, 6.45) is 5.47. The van der Waals surface area contributed by atoms with Gasteiger partial charge in [-0.3, -0.25) is 4.79 Å². The molecule has 8 nitrogen and oxygen atoms in total. The van der Waals surface area contributed by atoms with Gasteiger partial charge in [0.05, 0.1) is 23.5 Å². The number of aliphatic carboxylic acids is 1. The Hall–Kier alpha value is -2.90. The number of amides is 2. The summed E-state index contributed by atoms with van der Waals surface area (Å²) in [4.78, 5) is 29.5. The first-order valence-corrected chi connectivity index (χ1v) is 8.78. The molecule has 2 aromatic heterocycles. The van der Waals surface area contributed by atoms with Crippen molar-refractivity contribution in [2.75, 3.05) is 18.4 Å². The van der Waals surface area contributed by atoms with Gasteiger partial charge in [-0.15, -0.1) is 0 Å². The maximum atomic E-state index is 12.5. The van der Waals surface area contributed by atoms with Crippen LogP contribution in [0.1, 0.15) is 31.0 Å². The van der Waals surface area contributed by atoms with Gasteiger partial charge in [0, 0.05) is 19.3 Å². The Morgan fingerprint density at radius 1 is 1.42 bits per heavy atom. The lowest BCUT2D eigenvalue weighted by molar-refractivity contribution is -0.141. The third kappa shape index (κ3) is 3.68. The average molecular weight is 357 g/mol. The molecule has 0 spiro atoms. The van der Waals surface area contributed by atoms with Crippen LogP contribution in [0, 0.1) is 12.8 Å². The van der Waals surface area contributed by atoms with Crippen LogP contribution in [0.15, 0.2) is 24.5 Å². The minimum atomic E-state index is -0.856. The summed E-state index contributed by atoms with van der Waals surface area (Å²) in [5, 5.41) is 16.4. The van der Waals surface area contributed by atoms with Crippen molar-refractivity contribution in [3.8, 4) is 5.82 Å². The molecule has 1 unspecified atom stereocenters. The first kappa shape index (κ1) is 17.9. The molecule has 138 valence electrons. The Balaban J connectivity index is 1.80. The number of carboxylic acid groups (broad SMARTS) is 1. The van der Waals surface area contributed by atoms with E-state index < -0.39 is 11.9 Å². The molecule has 8 heteroatoms. The molecule has 0 saturated carbocycles. The number of likely N-dealkylation sites (tertiary alicyclic amines) is 1. The van der Waals surface area contributed by atoms with Gasteiger partial charge in [0.1, 0.15) is 0 Å². The predicted molar refractivity (Wildman–Crippen MR) is 96.4 cm³/mol. The van der Waals surface area contributed by atoms with Gasteiger partial charge in [-0.05, 0) is 37.5 Å². The van der Waals surface area contributed by atoms with Crippen molar-refractivity contribution < 1.29 is 14.7 Å². The highest BCUT2D eigenvalue weighted by Crippen LogP contribution is 2.23. The zero-order valence-corrected chi connectivity index (χ0v) is 15.0. The minimum Gasteiger partial charge on any atom is -0.481 e. The number of pyridine rings is 1. The van der Waals surface area contributed by atoms with Crippen molar-refractivity contribution in [1.29, 1.82) is 0 Å². The molecule has 1 aliphatic heterocycles. The number of nitrogens with zero attached hydrogens (tertiary/aromatic N) is 4. The molecule has 0 aromatic carbocycles. The number of carbonyl (C=O) groups is 2. The highest BCUT2D eigenvalue weighted by atomic mass is 16.4. The quantitative estimate of drug-likeness (QED) is 0.856. The highest BCUT2D eigenvalue weighted by molar-refractivity contribution is 5.90. The van der Waals surface area contributed by atoms with Gasteiger partial charge >= 0.3 is 12.0 Å². The number of hydrogen-bond acceptors (Lipinski definition) is 4. The summed E-state index contributed by atoms with van der Waals surface area (Å²) in [5.41, 5.74) is 2.60. The normalized spacial score (nSPS) is 16.7. The topological polar surface area (TPSA) is 100 Å². The minimum absolute atomic E-state index is 0.234. The van der Waals surface area contributed by atoms with Crippen LogP contribution in [0.25, 0.3) is 5.82 Å². The number of anilines is 1. The van der Waals surface area contributed by atoms with Gasteiger partial charge in [-0.25, -0.2) is 14.5 Å². The highest BCUT2D eigenvalue weighted by Gasteiger charge is 2.31. The number of hydrogen-bond donors (Lipinski definition) is 2. The molecule has 0 radical (unpaired) electrons. The third-order valence-corrected chi connectivity index (χ3v) is 4.54. The molecular formula is C18H23N5O3. The van der Waals surface area contributed by atoms with E-state index in [4.69, 9.17) is 5.11 Å². The fourth-order valence-corrected chi connectivity index (χ4v) is 3.13. The zero-order valence-electron chi connectivity index (χ0n) is 15.0. The lowest BCUT2D eigenvalue weighted by atomic mass is 10.1. The summed E-state index contributed by atoms with van der Waals surface area (Å²) in [6, 6.07) is 3.57. The molecule has 2 aromatic rings. The number of aryl methyl sites for hydroxylation is 1. The van der Waals surface area contributed by atoms with Crippen LogP contribution >= 0.6 is 0 Å². The number of carbonyl (C=O) groups excluding carboxylic acids is 1. The second kappa shape index (κ2) is 7.55. The first-order valence-electron chi connectivity index (χ1n) is 8.78. The van der Waals surface area contributed by atoms with Gasteiger partial charge in [-0.2, -0.15) is 5.10 Å². The van der Waals surface area contributed by atoms with Gasteiger partial charge in [0.2, 0.25) is 0 Å². The van der Waals surface area contributed by atoms with Gasteiger partial charge in [-0.1, -0.05) is 13.3 Å². The van der Waals surface area contributed by atoms with Crippen molar-refractivity contribution in [2.45, 2.75) is 33.1 Å². The van der Waals surface area contributed by atoms with E-state index in [0.717, 1.165) is 24.1 Å². The maximum Gasteiger partial charge on any atom is 0.321 e. The number of carboxylic acids is 1. The van der Waals surface area contributed by atoms with Crippen LogP contribution in [0.4, 0.5) is 10.5 Å². The number of aromatic nitrogens is 3. The molecule has 0 bridgehead atoms. The van der Waals surface area contributed by atoms with Crippen molar-refractivity contribution in [3.05, 3.63) is 35.8 Å². The van der Waals surface area contributed by atoms with Gasteiger partial charge in [0.15, 0.2) is 5.82 Å². The predicted octanol–water partition coefficient (Wildman–Crippen LogP) is 2.47. The second-order valence-corrected chi connectivity index (χ2v) is 6.56. The molecule has 1 fully saturated rings. The second-order valence-electron chi connectivity index (χ2n) is 6.56. The van der Waals surface area contributed by atoms with E-state index in [1.807, 2.05) is 19.1 Å². The van der Waals surface area contributed by atoms with Gasteiger partial charge < -0.3 is 15.3 Å². The first-order chi connectivity index (χ1) is 12.5. The van der Waals surface area contributed by atoms with Crippen LogP contribution in [-0.2, 0) is 11.2 Å². The van der Waals surface area contributed by atoms with Crippen molar-refractivity contribution >= 4 is 17.7 Å². The van der Waals surface area contributed by atoms with E-state index >= 15 is 0 Å². The maximum absolute atomic E-state index is 12.5. The molecule has 2 N–H and O–H groups in total. The summed E-state index contributed by atoms with van der Waals surface area (Å²) < 4.78 is 1.75. The Kier molecular flexibility index (Phi) is 5.20. The number of nitrogens with one attached hydrogen (secondary N) is 1. The van der Waals surface area contributed by atoms with Crippen LogP contribution in [0.3, 0.4) is 0 Å². The van der Waals surface area contributed by atoms with Crippen LogP contribution < -0.4 is 5.32 Å². The van der Waals surface area contributed by atoms with Gasteiger partial charge in [0.25, 0.3) is 0 Å². The smallest absolute Gasteiger partial charge is 0.321 e. The fourth-order valence-electron chi connectivity index (χ4n) is 3.13. The van der Waals surface area contributed by atoms with E-state index in [1.54, 1.807) is 17.1 Å². The molecule has 26 heavy (non-hydrogen) atoms. The zero-order chi connectivity index (χ0) is 18.7. The molecule has 2 amide bonds. The molecule has 3 heterocycles. The van der Waals surface area contributed by atoms with Crippen molar-refractivity contribution in [1.82, 2.24) is 19.7 Å². The number of rotatable bonds is 5. The summed E-state index contributed by atoms with van der Waals surface area (Å²) in [6.45, 7) is 4.73. The molecule has 1 atom stereocenters.